The van der Waals surface area contributed by atoms with Crippen LogP contribution in [0.4, 0.5) is 5.69 Å². The van der Waals surface area contributed by atoms with E-state index in [4.69, 9.17) is 4.74 Å². The van der Waals surface area contributed by atoms with E-state index in [1.165, 1.54) is 0 Å². The Kier molecular flexibility index (Phi) is 5.40. The van der Waals surface area contributed by atoms with E-state index in [-0.39, 0.29) is 0 Å². The van der Waals surface area contributed by atoms with Gasteiger partial charge in [-0.15, -0.1) is 0 Å². The zero-order valence-electron chi connectivity index (χ0n) is 9.36. The predicted molar refractivity (Wildman–Crippen MR) is 69.1 cm³/mol. The van der Waals surface area contributed by atoms with E-state index in [0.29, 0.717) is 5.92 Å². The molecule has 0 saturated heterocycles. The van der Waals surface area contributed by atoms with Crippen LogP contribution in [-0.2, 0) is 0 Å². The molecule has 84 valence electrons. The van der Waals surface area contributed by atoms with E-state index in [9.17, 15) is 0 Å². The van der Waals surface area contributed by atoms with Crippen molar-refractivity contribution in [1.29, 1.82) is 0 Å². The maximum Gasteiger partial charge on any atom is 0.142 e. The molecule has 0 aliphatic heterocycles. The summed E-state index contributed by atoms with van der Waals surface area (Å²) in [5.74, 6) is 2.29. The summed E-state index contributed by atoms with van der Waals surface area (Å²) < 4.78 is 5.71. The molecule has 0 saturated carbocycles. The van der Waals surface area contributed by atoms with Gasteiger partial charge in [-0.1, -0.05) is 26.0 Å². The molecule has 1 aromatic rings. The third-order valence-corrected chi connectivity index (χ3v) is 2.11. The van der Waals surface area contributed by atoms with Gasteiger partial charge in [-0.25, -0.2) is 0 Å². The highest BCUT2D eigenvalue weighted by atomic mass is 32.1. The lowest BCUT2D eigenvalue weighted by Crippen LogP contribution is -2.08. The quantitative estimate of drug-likeness (QED) is 0.726. The zero-order chi connectivity index (χ0) is 11.1. The molecular formula is C12H19NOS. The second kappa shape index (κ2) is 6.62. The molecular weight excluding hydrogens is 206 g/mol. The Morgan fingerprint density at radius 2 is 2.07 bits per heavy atom. The van der Waals surface area contributed by atoms with Gasteiger partial charge in [0.25, 0.3) is 0 Å². The zero-order valence-corrected chi connectivity index (χ0v) is 10.3. The van der Waals surface area contributed by atoms with Crippen LogP contribution in [0.1, 0.15) is 13.8 Å². The molecule has 0 aliphatic rings. The summed E-state index contributed by atoms with van der Waals surface area (Å²) in [5.41, 5.74) is 1.05. The van der Waals surface area contributed by atoms with Gasteiger partial charge in [-0.05, 0) is 18.1 Å². The Morgan fingerprint density at radius 3 is 2.73 bits per heavy atom. The van der Waals surface area contributed by atoms with Gasteiger partial charge in [0.15, 0.2) is 0 Å². The minimum atomic E-state index is 0.544. The van der Waals surface area contributed by atoms with Crippen LogP contribution in [0.15, 0.2) is 24.3 Å². The van der Waals surface area contributed by atoms with E-state index in [0.717, 1.165) is 30.3 Å². The molecule has 3 heteroatoms. The van der Waals surface area contributed by atoms with Crippen LogP contribution in [0, 0.1) is 5.92 Å². The maximum absolute atomic E-state index is 5.71. The fourth-order valence-corrected chi connectivity index (χ4v) is 1.30. The highest BCUT2D eigenvalue weighted by molar-refractivity contribution is 7.80. The topological polar surface area (TPSA) is 21.3 Å². The minimum absolute atomic E-state index is 0.544. The van der Waals surface area contributed by atoms with Crippen LogP contribution in [-0.4, -0.2) is 18.9 Å². The number of para-hydroxylation sites is 2. The van der Waals surface area contributed by atoms with Gasteiger partial charge in [0.1, 0.15) is 5.75 Å². The van der Waals surface area contributed by atoms with Crippen LogP contribution in [0.3, 0.4) is 0 Å². The summed E-state index contributed by atoms with van der Waals surface area (Å²) in [5, 5.41) is 3.29. The van der Waals surface area contributed by atoms with Crippen molar-refractivity contribution in [3.05, 3.63) is 24.3 Å². The van der Waals surface area contributed by atoms with E-state index in [1.807, 2.05) is 24.3 Å². The lowest BCUT2D eigenvalue weighted by molar-refractivity contribution is 0.272. The molecule has 15 heavy (non-hydrogen) atoms. The van der Waals surface area contributed by atoms with Crippen molar-refractivity contribution < 1.29 is 4.74 Å². The average Bonchev–Trinajstić information content (AvgIpc) is 2.24. The first-order valence-electron chi connectivity index (χ1n) is 5.30. The van der Waals surface area contributed by atoms with Crippen LogP contribution in [0.2, 0.25) is 0 Å². The van der Waals surface area contributed by atoms with Gasteiger partial charge in [-0.2, -0.15) is 12.6 Å². The van der Waals surface area contributed by atoms with Crippen molar-refractivity contribution in [3.63, 3.8) is 0 Å². The average molecular weight is 225 g/mol. The molecule has 0 fully saturated rings. The number of rotatable bonds is 6. The third kappa shape index (κ3) is 4.47. The van der Waals surface area contributed by atoms with Crippen molar-refractivity contribution in [1.82, 2.24) is 0 Å². The highest BCUT2D eigenvalue weighted by Crippen LogP contribution is 2.23. The van der Waals surface area contributed by atoms with Gasteiger partial charge >= 0.3 is 0 Å². The van der Waals surface area contributed by atoms with Crippen molar-refractivity contribution in [2.75, 3.05) is 24.2 Å². The number of nitrogens with one attached hydrogen (secondary N) is 1. The number of ether oxygens (including phenoxy) is 1. The highest BCUT2D eigenvalue weighted by Gasteiger charge is 2.02. The van der Waals surface area contributed by atoms with Crippen molar-refractivity contribution >= 4 is 18.3 Å². The molecule has 2 nitrogen and oxygen atoms in total. The van der Waals surface area contributed by atoms with Gasteiger partial charge in [0.2, 0.25) is 0 Å². The second-order valence-electron chi connectivity index (χ2n) is 3.85. The van der Waals surface area contributed by atoms with E-state index >= 15 is 0 Å². The third-order valence-electron chi connectivity index (χ3n) is 1.89. The Hall–Kier alpha value is -0.830. The molecule has 0 spiro atoms. The van der Waals surface area contributed by atoms with Crippen LogP contribution in [0.5, 0.6) is 5.75 Å². The normalized spacial score (nSPS) is 10.4. The fraction of sp³-hybridized carbons (Fsp3) is 0.500. The monoisotopic (exact) mass is 225 g/mol. The molecule has 0 aliphatic carbocycles. The number of anilines is 1. The van der Waals surface area contributed by atoms with E-state index < -0.39 is 0 Å². The lowest BCUT2D eigenvalue weighted by atomic mass is 10.2. The number of thiol groups is 1. The summed E-state index contributed by atoms with van der Waals surface area (Å²) in [4.78, 5) is 0. The maximum atomic E-state index is 5.71. The first kappa shape index (κ1) is 12.2. The fourth-order valence-electron chi connectivity index (χ4n) is 1.19. The van der Waals surface area contributed by atoms with Gasteiger partial charge in [0.05, 0.1) is 12.3 Å². The molecule has 1 N–H and O–H groups in total. The summed E-state index contributed by atoms with van der Waals surface area (Å²) in [7, 11) is 0. The van der Waals surface area contributed by atoms with Gasteiger partial charge < -0.3 is 10.1 Å². The predicted octanol–water partition coefficient (Wildman–Crippen LogP) is 3.06. The van der Waals surface area contributed by atoms with Gasteiger partial charge in [-0.3, -0.25) is 0 Å². The molecule has 0 aromatic heterocycles. The van der Waals surface area contributed by atoms with E-state index in [1.54, 1.807) is 0 Å². The summed E-state index contributed by atoms with van der Waals surface area (Å²) >= 11 is 4.17. The van der Waals surface area contributed by atoms with Crippen molar-refractivity contribution in [2.24, 2.45) is 5.92 Å². The Balaban J connectivity index is 2.59. The largest absolute Gasteiger partial charge is 0.491 e. The number of hydrogen-bond acceptors (Lipinski definition) is 3. The molecule has 0 heterocycles. The minimum Gasteiger partial charge on any atom is -0.491 e. The summed E-state index contributed by atoms with van der Waals surface area (Å²) in [6.45, 7) is 5.89. The van der Waals surface area contributed by atoms with Crippen molar-refractivity contribution in [2.45, 2.75) is 13.8 Å². The smallest absolute Gasteiger partial charge is 0.142 e. The van der Waals surface area contributed by atoms with Crippen LogP contribution in [0.25, 0.3) is 0 Å². The molecule has 0 unspecified atom stereocenters. The summed E-state index contributed by atoms with van der Waals surface area (Å²) in [6.07, 6.45) is 0. The summed E-state index contributed by atoms with van der Waals surface area (Å²) in [6, 6.07) is 8.01. The molecule has 0 amide bonds. The molecule has 1 aromatic carbocycles. The Labute approximate surface area is 97.4 Å². The number of hydrogen-bond donors (Lipinski definition) is 2. The Bertz CT molecular complexity index is 289. The SMILES string of the molecule is CC(C)COc1ccccc1NCCS. The van der Waals surface area contributed by atoms with Crippen LogP contribution >= 0.6 is 12.6 Å². The first-order chi connectivity index (χ1) is 7.24. The van der Waals surface area contributed by atoms with Crippen LogP contribution < -0.4 is 10.1 Å². The Morgan fingerprint density at radius 1 is 1.33 bits per heavy atom. The molecule has 1 rings (SSSR count). The lowest BCUT2D eigenvalue weighted by Gasteiger charge is -2.13. The molecule has 0 atom stereocenters. The first-order valence-corrected chi connectivity index (χ1v) is 5.94. The molecule has 0 bridgehead atoms. The van der Waals surface area contributed by atoms with E-state index in [2.05, 4.69) is 31.8 Å². The standard InChI is InChI=1S/C12H19NOS/c1-10(2)9-14-12-6-4-3-5-11(12)13-7-8-15/h3-6,10,13,15H,7-9H2,1-2H3. The second-order valence-corrected chi connectivity index (χ2v) is 4.30. The number of benzene rings is 1. The van der Waals surface area contributed by atoms with Gasteiger partial charge in [0, 0.05) is 12.3 Å². The van der Waals surface area contributed by atoms with Crippen molar-refractivity contribution in [3.8, 4) is 5.75 Å². The molecule has 0 radical (unpaired) electrons.